The topological polar surface area (TPSA) is 3.24 Å². The number of benzene rings is 9. The first-order valence-corrected chi connectivity index (χ1v) is 24.2. The molecule has 66 heavy (non-hydrogen) atoms. The van der Waals surface area contributed by atoms with Gasteiger partial charge in [-0.2, -0.15) is 0 Å². The highest BCUT2D eigenvalue weighted by Gasteiger charge is 2.52. The number of hydrogen-bond acceptors (Lipinski definition) is 2. The molecule has 14 rings (SSSR count). The van der Waals surface area contributed by atoms with Crippen LogP contribution in [0.3, 0.4) is 0 Å². The molecule has 312 valence electrons. The maximum atomic E-state index is 2.60. The van der Waals surface area contributed by atoms with Gasteiger partial charge in [0.15, 0.2) is 0 Å². The van der Waals surface area contributed by atoms with Crippen LogP contribution in [-0.2, 0) is 10.8 Å². The number of rotatable bonds is 5. The van der Waals surface area contributed by atoms with Crippen LogP contribution in [-0.4, -0.2) is 5.25 Å². The molecule has 0 bridgehead atoms. The number of para-hydroxylation sites is 1. The molecular weight excluding hydrogens is 815 g/mol. The van der Waals surface area contributed by atoms with Gasteiger partial charge in [-0.25, -0.2) is 0 Å². The van der Waals surface area contributed by atoms with E-state index in [1.54, 1.807) is 0 Å². The van der Waals surface area contributed by atoms with E-state index in [1.807, 2.05) is 11.8 Å². The predicted octanol–water partition coefficient (Wildman–Crippen LogP) is 16.7. The fraction of sp³-hybridized carbons (Fsp3) is 0.0938. The zero-order chi connectivity index (χ0) is 43.7. The molecule has 1 heterocycles. The van der Waals surface area contributed by atoms with E-state index in [9.17, 15) is 0 Å². The van der Waals surface area contributed by atoms with Crippen LogP contribution < -0.4 is 4.90 Å². The molecule has 9 aromatic rings. The van der Waals surface area contributed by atoms with Crippen LogP contribution in [0.1, 0.15) is 64.3 Å². The van der Waals surface area contributed by atoms with Crippen LogP contribution in [0, 0.1) is 0 Å². The normalized spacial score (nSPS) is 17.8. The third-order valence-electron chi connectivity index (χ3n) is 15.4. The molecule has 2 unspecified atom stereocenters. The summed E-state index contributed by atoms with van der Waals surface area (Å²) in [5.41, 5.74) is 25.3. The Morgan fingerprint density at radius 2 is 1.02 bits per heavy atom. The summed E-state index contributed by atoms with van der Waals surface area (Å²) in [7, 11) is 0. The van der Waals surface area contributed by atoms with Crippen molar-refractivity contribution in [1.82, 2.24) is 0 Å². The first-order chi connectivity index (χ1) is 32.5. The second-order valence-corrected chi connectivity index (χ2v) is 20.3. The number of hydrogen-bond donors (Lipinski definition) is 0. The van der Waals surface area contributed by atoms with E-state index in [1.165, 1.54) is 111 Å². The van der Waals surface area contributed by atoms with E-state index in [0.717, 1.165) is 5.69 Å². The van der Waals surface area contributed by atoms with Crippen LogP contribution >= 0.6 is 11.8 Å². The van der Waals surface area contributed by atoms with E-state index < -0.39 is 5.41 Å². The quantitative estimate of drug-likeness (QED) is 0.170. The Balaban J connectivity index is 1.01. The summed E-state index contributed by atoms with van der Waals surface area (Å²) in [4.78, 5) is 3.99. The van der Waals surface area contributed by atoms with Crippen LogP contribution in [0.2, 0.25) is 0 Å². The zero-order valence-corrected chi connectivity index (χ0v) is 37.7. The van der Waals surface area contributed by atoms with Gasteiger partial charge in [0, 0.05) is 38.3 Å². The van der Waals surface area contributed by atoms with Crippen LogP contribution in [0.5, 0.6) is 0 Å². The summed E-state index contributed by atoms with van der Waals surface area (Å²) in [5.74, 6) is 0.322. The number of anilines is 3. The summed E-state index contributed by atoms with van der Waals surface area (Å²) in [6.45, 7) is 4.82. The van der Waals surface area contributed by atoms with Gasteiger partial charge in [-0.15, -0.1) is 11.8 Å². The van der Waals surface area contributed by atoms with Gasteiger partial charge < -0.3 is 4.90 Å². The average Bonchev–Trinajstić information content (AvgIpc) is 4.06. The number of fused-ring (bicyclic) bond motifs is 16. The highest BCUT2D eigenvalue weighted by atomic mass is 32.2. The molecule has 1 spiro atoms. The fourth-order valence-corrected chi connectivity index (χ4v) is 13.9. The Hall–Kier alpha value is -7.39. The third kappa shape index (κ3) is 5.14. The predicted molar refractivity (Wildman–Crippen MR) is 276 cm³/mol. The van der Waals surface area contributed by atoms with Gasteiger partial charge in [0.25, 0.3) is 0 Å². The second kappa shape index (κ2) is 14.1. The fourth-order valence-electron chi connectivity index (χ4n) is 12.5. The summed E-state index contributed by atoms with van der Waals surface area (Å²) < 4.78 is 0. The molecule has 0 saturated heterocycles. The maximum absolute atomic E-state index is 2.60. The molecule has 0 radical (unpaired) electrons. The monoisotopic (exact) mass is 859 g/mol. The standard InChI is InChI=1S/C64H45NS/c1-63(2)56-38-41(40-17-4-3-5-18-40)31-34-47(56)48-35-33-43(39-57(48)63)65(58-28-14-9-19-44(58)42-32-36-61-51(37-42)49-22-10-15-30-60(49)66-61)59-29-16-27-55-62(59)50-23-8-13-26-54(50)64(55)52-24-11-6-20-45(52)46-21-7-12-25-53(46)64/h3-39,51,61H,1-2H3. The minimum absolute atomic E-state index is 0.222. The molecule has 0 aromatic heterocycles. The number of allylic oxidation sites excluding steroid dienone is 3. The molecule has 4 aliphatic carbocycles. The molecule has 0 amide bonds. The van der Waals surface area contributed by atoms with Crippen molar-refractivity contribution in [1.29, 1.82) is 0 Å². The number of nitrogens with zero attached hydrogens (tertiary/aromatic N) is 1. The van der Waals surface area contributed by atoms with Crippen molar-refractivity contribution in [3.63, 3.8) is 0 Å². The summed E-state index contributed by atoms with van der Waals surface area (Å²) in [6.07, 6.45) is 7.37. The Morgan fingerprint density at radius 1 is 0.439 bits per heavy atom. The third-order valence-corrected chi connectivity index (χ3v) is 16.8. The zero-order valence-electron chi connectivity index (χ0n) is 36.9. The van der Waals surface area contributed by atoms with E-state index in [0.29, 0.717) is 11.2 Å². The van der Waals surface area contributed by atoms with Gasteiger partial charge in [0.2, 0.25) is 0 Å². The molecule has 9 aromatic carbocycles. The van der Waals surface area contributed by atoms with Crippen molar-refractivity contribution in [2.45, 2.75) is 40.7 Å². The van der Waals surface area contributed by atoms with Gasteiger partial charge >= 0.3 is 0 Å². The summed E-state index contributed by atoms with van der Waals surface area (Å²) >= 11 is 1.99. The van der Waals surface area contributed by atoms with Crippen molar-refractivity contribution in [2.75, 3.05) is 4.90 Å². The highest BCUT2D eigenvalue weighted by Crippen LogP contribution is 2.65. The molecule has 1 aliphatic heterocycles. The van der Waals surface area contributed by atoms with Gasteiger partial charge in [-0.05, 0) is 120 Å². The molecule has 0 fully saturated rings. The Morgan fingerprint density at radius 3 is 1.79 bits per heavy atom. The van der Waals surface area contributed by atoms with Crippen molar-refractivity contribution < 1.29 is 0 Å². The van der Waals surface area contributed by atoms with Crippen molar-refractivity contribution in [3.8, 4) is 44.5 Å². The minimum Gasteiger partial charge on any atom is -0.309 e. The Kier molecular flexibility index (Phi) is 8.08. The Labute approximate surface area is 391 Å². The Bertz CT molecular complexity index is 3530. The number of thioether (sulfide) groups is 1. The van der Waals surface area contributed by atoms with Crippen molar-refractivity contribution in [2.24, 2.45) is 0 Å². The minimum atomic E-state index is -0.449. The second-order valence-electron chi connectivity index (χ2n) is 19.0. The lowest BCUT2D eigenvalue weighted by Crippen LogP contribution is -2.26. The molecular formula is C64H45NS. The maximum Gasteiger partial charge on any atom is 0.0726 e. The van der Waals surface area contributed by atoms with Crippen molar-refractivity contribution in [3.05, 3.63) is 269 Å². The van der Waals surface area contributed by atoms with Crippen molar-refractivity contribution >= 4 is 34.4 Å². The highest BCUT2D eigenvalue weighted by molar-refractivity contribution is 8.00. The SMILES string of the molecule is CC1(C)c2cc(-c3ccccc3)ccc2-c2ccc(N(c3ccccc3C3=CC4c5ccccc5SC4C=C3)c3cccc4c3-c3ccccc3C43c4ccccc4-c4ccccc43)cc21. The lowest BCUT2D eigenvalue weighted by molar-refractivity contribution is 0.660. The van der Waals surface area contributed by atoms with Gasteiger partial charge in [0.05, 0.1) is 16.8 Å². The largest absolute Gasteiger partial charge is 0.309 e. The molecule has 2 atom stereocenters. The first-order valence-electron chi connectivity index (χ1n) is 23.3. The molecule has 0 N–H and O–H groups in total. The van der Waals surface area contributed by atoms with Crippen LogP contribution in [0.25, 0.3) is 50.1 Å². The summed E-state index contributed by atoms with van der Waals surface area (Å²) in [5, 5.41) is 0.402. The first kappa shape index (κ1) is 37.9. The molecule has 5 aliphatic rings. The lowest BCUT2D eigenvalue weighted by Gasteiger charge is -2.33. The van der Waals surface area contributed by atoms with Gasteiger partial charge in [0.1, 0.15) is 0 Å². The molecule has 1 nitrogen and oxygen atoms in total. The van der Waals surface area contributed by atoms with E-state index in [-0.39, 0.29) is 5.41 Å². The van der Waals surface area contributed by atoms with E-state index in [4.69, 9.17) is 0 Å². The van der Waals surface area contributed by atoms with Crippen LogP contribution in [0.15, 0.2) is 229 Å². The smallest absolute Gasteiger partial charge is 0.0726 e. The van der Waals surface area contributed by atoms with Gasteiger partial charge in [-0.3, -0.25) is 0 Å². The van der Waals surface area contributed by atoms with Crippen LogP contribution in [0.4, 0.5) is 17.1 Å². The van der Waals surface area contributed by atoms with E-state index >= 15 is 0 Å². The van der Waals surface area contributed by atoms with E-state index in [2.05, 4.69) is 243 Å². The summed E-state index contributed by atoms with van der Waals surface area (Å²) in [6, 6.07) is 77.8. The molecule has 0 saturated carbocycles. The lowest BCUT2D eigenvalue weighted by atomic mass is 9.70. The molecule has 2 heteroatoms. The average molecular weight is 860 g/mol. The van der Waals surface area contributed by atoms with Gasteiger partial charge in [-0.1, -0.05) is 202 Å².